The zero-order valence-corrected chi connectivity index (χ0v) is 15.4. The SMILES string of the molecule is COc1cc(NC(=O)NCC(OC)c2cccc(OC)c2)cc(OC)c1. The fourth-order valence-corrected chi connectivity index (χ4v) is 2.42. The van der Waals surface area contributed by atoms with Crippen molar-refractivity contribution in [2.45, 2.75) is 6.10 Å². The van der Waals surface area contributed by atoms with Gasteiger partial charge in [0.15, 0.2) is 0 Å². The largest absolute Gasteiger partial charge is 0.497 e. The van der Waals surface area contributed by atoms with E-state index in [1.54, 1.807) is 46.6 Å². The minimum Gasteiger partial charge on any atom is -0.497 e. The van der Waals surface area contributed by atoms with Gasteiger partial charge in [0.1, 0.15) is 17.2 Å². The number of nitrogens with one attached hydrogen (secondary N) is 2. The van der Waals surface area contributed by atoms with Crippen molar-refractivity contribution in [1.29, 1.82) is 0 Å². The standard InChI is InChI=1S/C19H24N2O5/c1-23-15-7-5-6-13(8-15)18(26-4)12-20-19(22)21-14-9-16(24-2)11-17(10-14)25-3/h5-11,18H,12H2,1-4H3,(H2,20,21,22). The second kappa shape index (κ2) is 9.53. The van der Waals surface area contributed by atoms with Crippen molar-refractivity contribution in [3.8, 4) is 17.2 Å². The maximum Gasteiger partial charge on any atom is 0.319 e. The molecule has 0 aromatic heterocycles. The third-order valence-corrected chi connectivity index (χ3v) is 3.81. The number of carbonyl (C=O) groups excluding carboxylic acids is 1. The van der Waals surface area contributed by atoms with Crippen LogP contribution in [0.5, 0.6) is 17.2 Å². The number of carbonyl (C=O) groups is 1. The van der Waals surface area contributed by atoms with Gasteiger partial charge >= 0.3 is 6.03 Å². The van der Waals surface area contributed by atoms with Gasteiger partial charge < -0.3 is 29.6 Å². The molecule has 26 heavy (non-hydrogen) atoms. The summed E-state index contributed by atoms with van der Waals surface area (Å²) in [5.74, 6) is 1.91. The molecule has 2 aromatic rings. The van der Waals surface area contributed by atoms with E-state index in [0.29, 0.717) is 23.7 Å². The Morgan fingerprint density at radius 3 is 2.15 bits per heavy atom. The van der Waals surface area contributed by atoms with Crippen molar-refractivity contribution in [3.05, 3.63) is 48.0 Å². The molecule has 0 fully saturated rings. The van der Waals surface area contributed by atoms with Crippen LogP contribution in [0.15, 0.2) is 42.5 Å². The summed E-state index contributed by atoms with van der Waals surface area (Å²) in [5.41, 5.74) is 1.48. The molecule has 0 heterocycles. The molecule has 2 amide bonds. The Balaban J connectivity index is 1.98. The molecule has 2 N–H and O–H groups in total. The molecule has 0 saturated carbocycles. The third kappa shape index (κ3) is 5.29. The zero-order chi connectivity index (χ0) is 18.9. The molecule has 140 valence electrons. The van der Waals surface area contributed by atoms with Gasteiger partial charge in [-0.3, -0.25) is 0 Å². The molecule has 0 radical (unpaired) electrons. The molecule has 0 saturated heterocycles. The monoisotopic (exact) mass is 360 g/mol. The fourth-order valence-electron chi connectivity index (χ4n) is 2.42. The Hall–Kier alpha value is -2.93. The van der Waals surface area contributed by atoms with Gasteiger partial charge in [-0.25, -0.2) is 4.79 Å². The van der Waals surface area contributed by atoms with E-state index in [2.05, 4.69) is 10.6 Å². The van der Waals surface area contributed by atoms with Crippen molar-refractivity contribution in [3.63, 3.8) is 0 Å². The molecule has 0 spiro atoms. The van der Waals surface area contributed by atoms with Crippen molar-refractivity contribution < 1.29 is 23.7 Å². The predicted molar refractivity (Wildman–Crippen MR) is 99.3 cm³/mol. The number of amides is 2. The molecule has 0 aliphatic heterocycles. The van der Waals surface area contributed by atoms with Gasteiger partial charge in [0.25, 0.3) is 0 Å². The third-order valence-electron chi connectivity index (χ3n) is 3.81. The van der Waals surface area contributed by atoms with E-state index < -0.39 is 0 Å². The number of hydrogen-bond donors (Lipinski definition) is 2. The Labute approximate surface area is 153 Å². The lowest BCUT2D eigenvalue weighted by Crippen LogP contribution is -2.32. The quantitative estimate of drug-likeness (QED) is 0.756. The Morgan fingerprint density at radius 2 is 1.58 bits per heavy atom. The summed E-state index contributed by atoms with van der Waals surface area (Å²) >= 11 is 0. The summed E-state index contributed by atoms with van der Waals surface area (Å²) < 4.78 is 21.1. The summed E-state index contributed by atoms with van der Waals surface area (Å²) in [4.78, 5) is 12.2. The van der Waals surface area contributed by atoms with E-state index >= 15 is 0 Å². The van der Waals surface area contributed by atoms with Crippen LogP contribution in [0.1, 0.15) is 11.7 Å². The molecular formula is C19H24N2O5. The van der Waals surface area contributed by atoms with Crippen molar-refractivity contribution in [2.75, 3.05) is 40.3 Å². The predicted octanol–water partition coefficient (Wildman–Crippen LogP) is 3.22. The number of hydrogen-bond acceptors (Lipinski definition) is 5. The Bertz CT molecular complexity index is 713. The molecule has 7 heteroatoms. The van der Waals surface area contributed by atoms with Gasteiger partial charge in [-0.2, -0.15) is 0 Å². The van der Waals surface area contributed by atoms with Gasteiger partial charge in [-0.05, 0) is 17.7 Å². The number of urea groups is 1. The van der Waals surface area contributed by atoms with Crippen molar-refractivity contribution >= 4 is 11.7 Å². The molecule has 2 rings (SSSR count). The first-order chi connectivity index (χ1) is 12.6. The summed E-state index contributed by atoms with van der Waals surface area (Å²) in [7, 11) is 6.30. The highest BCUT2D eigenvalue weighted by Crippen LogP contribution is 2.26. The minimum atomic E-state index is -0.356. The van der Waals surface area contributed by atoms with Crippen molar-refractivity contribution in [1.82, 2.24) is 5.32 Å². The molecule has 1 unspecified atom stereocenters. The number of ether oxygens (including phenoxy) is 4. The topological polar surface area (TPSA) is 78.1 Å². The van der Waals surface area contributed by atoms with Crippen LogP contribution in [0.2, 0.25) is 0 Å². The Morgan fingerprint density at radius 1 is 0.923 bits per heavy atom. The normalized spacial score (nSPS) is 11.4. The van der Waals surface area contributed by atoms with Crippen LogP contribution in [-0.4, -0.2) is 41.0 Å². The van der Waals surface area contributed by atoms with E-state index in [-0.39, 0.29) is 12.1 Å². The average Bonchev–Trinajstić information content (AvgIpc) is 2.68. The van der Waals surface area contributed by atoms with Crippen LogP contribution in [0, 0.1) is 0 Å². The summed E-state index contributed by atoms with van der Waals surface area (Å²) in [5, 5.41) is 5.55. The second-order valence-corrected chi connectivity index (χ2v) is 5.44. The molecular weight excluding hydrogens is 336 g/mol. The van der Waals surface area contributed by atoms with E-state index in [9.17, 15) is 4.79 Å². The summed E-state index contributed by atoms with van der Waals surface area (Å²) in [6.45, 7) is 0.302. The number of anilines is 1. The van der Waals surface area contributed by atoms with Gasteiger partial charge in [-0.15, -0.1) is 0 Å². The first kappa shape index (κ1) is 19.4. The summed E-state index contributed by atoms with van der Waals surface area (Å²) in [6.07, 6.45) is -0.296. The second-order valence-electron chi connectivity index (χ2n) is 5.44. The van der Waals surface area contributed by atoms with E-state index in [4.69, 9.17) is 18.9 Å². The molecule has 1 atom stereocenters. The average molecular weight is 360 g/mol. The van der Waals surface area contributed by atoms with Crippen LogP contribution >= 0.6 is 0 Å². The molecule has 0 aliphatic carbocycles. The van der Waals surface area contributed by atoms with Crippen LogP contribution in [0.4, 0.5) is 10.5 Å². The first-order valence-electron chi connectivity index (χ1n) is 8.04. The lowest BCUT2D eigenvalue weighted by Gasteiger charge is -2.18. The highest BCUT2D eigenvalue weighted by molar-refractivity contribution is 5.89. The number of benzene rings is 2. The lowest BCUT2D eigenvalue weighted by atomic mass is 10.1. The number of rotatable bonds is 8. The van der Waals surface area contributed by atoms with Crippen LogP contribution in [-0.2, 0) is 4.74 Å². The van der Waals surface area contributed by atoms with Gasteiger partial charge in [0, 0.05) is 37.5 Å². The van der Waals surface area contributed by atoms with Crippen LogP contribution in [0.3, 0.4) is 0 Å². The molecule has 0 aliphatic rings. The van der Waals surface area contributed by atoms with Crippen LogP contribution in [0.25, 0.3) is 0 Å². The lowest BCUT2D eigenvalue weighted by molar-refractivity contribution is 0.104. The van der Waals surface area contributed by atoms with E-state index in [0.717, 1.165) is 11.3 Å². The minimum absolute atomic E-state index is 0.296. The smallest absolute Gasteiger partial charge is 0.319 e. The number of methoxy groups -OCH3 is 4. The van der Waals surface area contributed by atoms with Crippen molar-refractivity contribution in [2.24, 2.45) is 0 Å². The highest BCUT2D eigenvalue weighted by Gasteiger charge is 2.13. The molecule has 2 aromatic carbocycles. The van der Waals surface area contributed by atoms with Crippen LogP contribution < -0.4 is 24.8 Å². The van der Waals surface area contributed by atoms with E-state index in [1.165, 1.54) is 0 Å². The first-order valence-corrected chi connectivity index (χ1v) is 8.04. The summed E-state index contributed by atoms with van der Waals surface area (Å²) in [6, 6.07) is 12.3. The molecule has 7 nitrogen and oxygen atoms in total. The van der Waals surface area contributed by atoms with Gasteiger partial charge in [0.2, 0.25) is 0 Å². The maximum atomic E-state index is 12.2. The maximum absolute atomic E-state index is 12.2. The Kier molecular flexibility index (Phi) is 7.11. The fraction of sp³-hybridized carbons (Fsp3) is 0.316. The van der Waals surface area contributed by atoms with Gasteiger partial charge in [0.05, 0.1) is 27.4 Å². The van der Waals surface area contributed by atoms with Gasteiger partial charge in [-0.1, -0.05) is 12.1 Å². The zero-order valence-electron chi connectivity index (χ0n) is 15.4. The van der Waals surface area contributed by atoms with E-state index in [1.807, 2.05) is 24.3 Å². The molecule has 0 bridgehead atoms. The highest BCUT2D eigenvalue weighted by atomic mass is 16.5.